The van der Waals surface area contributed by atoms with Crippen LogP contribution in [0, 0.1) is 5.41 Å². The zero-order chi connectivity index (χ0) is 19.9. The lowest BCUT2D eigenvalue weighted by molar-refractivity contribution is -0.144. The number of carbonyl (C=O) groups is 2. The molecule has 0 amide bonds. The van der Waals surface area contributed by atoms with Gasteiger partial charge in [-0.15, -0.1) is 11.6 Å². The Labute approximate surface area is 160 Å². The Balaban J connectivity index is 3.79. The molecule has 0 aromatic heterocycles. The number of hydrogen-bond acceptors (Lipinski definition) is 5. The molecule has 0 aliphatic carbocycles. The topological polar surface area (TPSA) is 55.8 Å². The van der Waals surface area contributed by atoms with Crippen molar-refractivity contribution in [2.45, 2.75) is 13.8 Å². The van der Waals surface area contributed by atoms with Crippen molar-refractivity contribution in [1.29, 1.82) is 0 Å². The third kappa shape index (κ3) is 5.11. The number of esters is 2. The van der Waals surface area contributed by atoms with Gasteiger partial charge in [0.2, 0.25) is 0 Å². The van der Waals surface area contributed by atoms with Crippen molar-refractivity contribution in [3.05, 3.63) is 53.2 Å². The SMILES string of the molecule is COC(=O)C(C(=O)OC)=C(/C=C(\c1ccccc1)C(C)(C)CCl)N(C)C. The number of carbonyl (C=O) groups excluding carboxylic acids is 2. The molecule has 0 aliphatic rings. The predicted molar refractivity (Wildman–Crippen MR) is 104 cm³/mol. The number of ether oxygens (including phenoxy) is 2. The van der Waals surface area contributed by atoms with E-state index in [4.69, 9.17) is 21.1 Å². The van der Waals surface area contributed by atoms with E-state index in [0.29, 0.717) is 11.6 Å². The van der Waals surface area contributed by atoms with Crippen molar-refractivity contribution < 1.29 is 19.1 Å². The summed E-state index contributed by atoms with van der Waals surface area (Å²) in [5.41, 5.74) is 1.66. The molecule has 0 spiro atoms. The van der Waals surface area contributed by atoms with Gasteiger partial charge < -0.3 is 14.4 Å². The molecule has 0 atom stereocenters. The Hall–Kier alpha value is -2.27. The minimum absolute atomic E-state index is 0.168. The monoisotopic (exact) mass is 379 g/mol. The van der Waals surface area contributed by atoms with E-state index in [1.54, 1.807) is 25.1 Å². The Morgan fingerprint density at radius 2 is 1.58 bits per heavy atom. The van der Waals surface area contributed by atoms with Crippen LogP contribution in [0.25, 0.3) is 5.57 Å². The molecule has 142 valence electrons. The van der Waals surface area contributed by atoms with Crippen molar-refractivity contribution in [1.82, 2.24) is 4.90 Å². The van der Waals surface area contributed by atoms with Gasteiger partial charge in [0.05, 0.1) is 19.9 Å². The van der Waals surface area contributed by atoms with Gasteiger partial charge in [-0.05, 0) is 17.2 Å². The van der Waals surface area contributed by atoms with Crippen LogP contribution in [-0.4, -0.2) is 51.0 Å². The lowest BCUT2D eigenvalue weighted by atomic mass is 9.81. The minimum atomic E-state index is -0.757. The summed E-state index contributed by atoms with van der Waals surface area (Å²) >= 11 is 6.21. The Bertz CT molecular complexity index is 688. The summed E-state index contributed by atoms with van der Waals surface area (Å²) in [6.07, 6.45) is 1.79. The van der Waals surface area contributed by atoms with E-state index >= 15 is 0 Å². The molecule has 6 heteroatoms. The third-order valence-electron chi connectivity index (χ3n) is 3.95. The van der Waals surface area contributed by atoms with E-state index in [1.807, 2.05) is 44.2 Å². The van der Waals surface area contributed by atoms with Crippen molar-refractivity contribution >= 4 is 29.1 Å². The number of allylic oxidation sites excluding steroid dienone is 2. The summed E-state index contributed by atoms with van der Waals surface area (Å²) in [5, 5.41) is 0. The van der Waals surface area contributed by atoms with Crippen LogP contribution in [-0.2, 0) is 19.1 Å². The first-order valence-corrected chi connectivity index (χ1v) is 8.64. The summed E-state index contributed by atoms with van der Waals surface area (Å²) < 4.78 is 9.57. The van der Waals surface area contributed by atoms with Gasteiger partial charge in [0.1, 0.15) is 0 Å². The van der Waals surface area contributed by atoms with Crippen LogP contribution < -0.4 is 0 Å². The van der Waals surface area contributed by atoms with Crippen LogP contribution in [0.15, 0.2) is 47.7 Å². The Kier molecular flexibility index (Phi) is 7.90. The van der Waals surface area contributed by atoms with Gasteiger partial charge in [0.25, 0.3) is 0 Å². The molecule has 0 bridgehead atoms. The first-order valence-electron chi connectivity index (χ1n) is 8.11. The highest BCUT2D eigenvalue weighted by atomic mass is 35.5. The number of benzene rings is 1. The van der Waals surface area contributed by atoms with Gasteiger partial charge in [-0.2, -0.15) is 0 Å². The molecule has 0 saturated carbocycles. The third-order valence-corrected chi connectivity index (χ3v) is 4.61. The molecule has 0 saturated heterocycles. The maximum absolute atomic E-state index is 12.2. The number of nitrogens with zero attached hydrogens (tertiary/aromatic N) is 1. The second-order valence-corrected chi connectivity index (χ2v) is 6.85. The smallest absolute Gasteiger partial charge is 0.347 e. The largest absolute Gasteiger partial charge is 0.465 e. The van der Waals surface area contributed by atoms with Crippen molar-refractivity contribution in [2.75, 3.05) is 34.2 Å². The van der Waals surface area contributed by atoms with E-state index in [2.05, 4.69) is 0 Å². The second kappa shape index (κ2) is 9.43. The molecule has 1 aromatic rings. The Morgan fingerprint density at radius 1 is 1.08 bits per heavy atom. The van der Waals surface area contributed by atoms with Crippen molar-refractivity contribution in [2.24, 2.45) is 5.41 Å². The number of hydrogen-bond donors (Lipinski definition) is 0. The first-order chi connectivity index (χ1) is 12.2. The van der Waals surface area contributed by atoms with Crippen LogP contribution in [0.2, 0.25) is 0 Å². The van der Waals surface area contributed by atoms with Gasteiger partial charge in [0.15, 0.2) is 5.57 Å². The normalized spacial score (nSPS) is 11.6. The standard InChI is InChI=1S/C20H26ClNO4/c1-20(2,13-21)15(14-10-8-7-9-11-14)12-16(22(3)4)17(18(23)25-5)19(24)26-6/h7-12H,13H2,1-6H3/b15-12+. The van der Waals surface area contributed by atoms with Gasteiger partial charge >= 0.3 is 11.9 Å². The highest BCUT2D eigenvalue weighted by Gasteiger charge is 2.29. The fourth-order valence-corrected chi connectivity index (χ4v) is 2.56. The zero-order valence-electron chi connectivity index (χ0n) is 16.1. The average Bonchev–Trinajstić information content (AvgIpc) is 2.64. The molecule has 0 radical (unpaired) electrons. The van der Waals surface area contributed by atoms with E-state index in [1.165, 1.54) is 14.2 Å². The summed E-state index contributed by atoms with van der Waals surface area (Å²) in [5.74, 6) is -1.15. The van der Waals surface area contributed by atoms with Crippen LogP contribution in [0.4, 0.5) is 0 Å². The molecular formula is C20H26ClNO4. The van der Waals surface area contributed by atoms with Gasteiger partial charge in [-0.3, -0.25) is 0 Å². The lowest BCUT2D eigenvalue weighted by Crippen LogP contribution is -2.25. The summed E-state index contributed by atoms with van der Waals surface area (Å²) in [4.78, 5) is 26.1. The molecule has 0 fully saturated rings. The molecule has 5 nitrogen and oxygen atoms in total. The molecule has 26 heavy (non-hydrogen) atoms. The first kappa shape index (κ1) is 21.8. The maximum atomic E-state index is 12.2. The average molecular weight is 380 g/mol. The number of halogens is 1. The second-order valence-electron chi connectivity index (χ2n) is 6.58. The zero-order valence-corrected chi connectivity index (χ0v) is 16.9. The van der Waals surface area contributed by atoms with E-state index in [9.17, 15) is 9.59 Å². The summed E-state index contributed by atoms with van der Waals surface area (Å²) in [6.45, 7) is 4.00. The van der Waals surface area contributed by atoms with Crippen molar-refractivity contribution in [3.63, 3.8) is 0 Å². The van der Waals surface area contributed by atoms with E-state index < -0.39 is 17.4 Å². The van der Waals surface area contributed by atoms with Crippen LogP contribution in [0.1, 0.15) is 19.4 Å². The highest BCUT2D eigenvalue weighted by molar-refractivity contribution is 6.19. The number of likely N-dealkylation sites (N-methyl/N-ethyl adjacent to an activating group) is 1. The Morgan fingerprint density at radius 3 is 1.96 bits per heavy atom. The number of rotatable bonds is 7. The minimum Gasteiger partial charge on any atom is -0.465 e. The fourth-order valence-electron chi connectivity index (χ4n) is 2.42. The van der Waals surface area contributed by atoms with E-state index in [-0.39, 0.29) is 5.57 Å². The number of methoxy groups -OCH3 is 2. The fraction of sp³-hybridized carbons (Fsp3) is 0.400. The predicted octanol–water partition coefficient (Wildman–Crippen LogP) is 3.50. The van der Waals surface area contributed by atoms with Crippen LogP contribution >= 0.6 is 11.6 Å². The number of alkyl halides is 1. The summed E-state index contributed by atoms with van der Waals surface area (Å²) in [6, 6.07) is 9.70. The van der Waals surface area contributed by atoms with Crippen LogP contribution in [0.3, 0.4) is 0 Å². The van der Waals surface area contributed by atoms with Gasteiger partial charge in [0, 0.05) is 25.4 Å². The quantitative estimate of drug-likeness (QED) is 0.181. The molecular weight excluding hydrogens is 354 g/mol. The summed E-state index contributed by atoms with van der Waals surface area (Å²) in [7, 11) is 5.94. The van der Waals surface area contributed by atoms with E-state index in [0.717, 1.165) is 11.1 Å². The highest BCUT2D eigenvalue weighted by Crippen LogP contribution is 2.37. The van der Waals surface area contributed by atoms with Crippen LogP contribution in [0.5, 0.6) is 0 Å². The molecule has 0 N–H and O–H groups in total. The van der Waals surface area contributed by atoms with Crippen molar-refractivity contribution in [3.8, 4) is 0 Å². The van der Waals surface area contributed by atoms with Gasteiger partial charge in [-0.25, -0.2) is 9.59 Å². The lowest BCUT2D eigenvalue weighted by Gasteiger charge is -2.28. The maximum Gasteiger partial charge on any atom is 0.347 e. The molecule has 1 aromatic carbocycles. The molecule has 0 heterocycles. The molecule has 1 rings (SSSR count). The molecule has 0 unspecified atom stereocenters. The molecule has 0 aliphatic heterocycles. The van der Waals surface area contributed by atoms with Gasteiger partial charge in [-0.1, -0.05) is 44.2 Å².